The van der Waals surface area contributed by atoms with Crippen LogP contribution in [0.3, 0.4) is 0 Å². The number of aromatic nitrogens is 3. The molecular weight excluding hydrogens is 342 g/mol. The van der Waals surface area contributed by atoms with Crippen molar-refractivity contribution in [3.63, 3.8) is 0 Å². The second-order valence-electron chi connectivity index (χ2n) is 6.36. The Labute approximate surface area is 157 Å². The van der Waals surface area contributed by atoms with Gasteiger partial charge in [-0.1, -0.05) is 0 Å². The lowest BCUT2D eigenvalue weighted by molar-refractivity contribution is -0.116. The quantitative estimate of drug-likeness (QED) is 0.727. The predicted molar refractivity (Wildman–Crippen MR) is 105 cm³/mol. The number of nitrogens with zero attached hydrogens (tertiary/aromatic N) is 3. The van der Waals surface area contributed by atoms with E-state index in [9.17, 15) is 9.59 Å². The van der Waals surface area contributed by atoms with Crippen LogP contribution >= 0.6 is 0 Å². The summed E-state index contributed by atoms with van der Waals surface area (Å²) >= 11 is 0. The van der Waals surface area contributed by atoms with Crippen molar-refractivity contribution in [2.24, 2.45) is 0 Å². The molecule has 0 saturated carbocycles. The maximum absolute atomic E-state index is 12.3. The molecular formula is C20H21N5O2. The molecule has 138 valence electrons. The minimum absolute atomic E-state index is 0.0522. The zero-order chi connectivity index (χ0) is 19.4. The Kier molecular flexibility index (Phi) is 5.30. The zero-order valence-corrected chi connectivity index (χ0v) is 15.5. The standard InChI is InChI=1S/C20H21N5O2/c1-13-8-19(22-12-21-13)23-16-4-6-17(7-5-16)24-20(27)11-25-14(2)9-18(26)10-15(25)3/h4-10,12H,11H2,1-3H3,(H,24,27)(H,21,22,23). The van der Waals surface area contributed by atoms with Gasteiger partial charge in [0, 0.05) is 46.7 Å². The smallest absolute Gasteiger partial charge is 0.244 e. The molecule has 7 nitrogen and oxygen atoms in total. The van der Waals surface area contributed by atoms with Gasteiger partial charge >= 0.3 is 0 Å². The summed E-state index contributed by atoms with van der Waals surface area (Å²) in [6.45, 7) is 5.68. The van der Waals surface area contributed by atoms with E-state index in [1.54, 1.807) is 0 Å². The van der Waals surface area contributed by atoms with Crippen LogP contribution in [0.1, 0.15) is 17.1 Å². The maximum atomic E-state index is 12.3. The van der Waals surface area contributed by atoms with Gasteiger partial charge in [0.15, 0.2) is 5.43 Å². The Hall–Kier alpha value is -3.48. The van der Waals surface area contributed by atoms with Crippen LogP contribution in [0.15, 0.2) is 53.6 Å². The molecule has 0 spiro atoms. The highest BCUT2D eigenvalue weighted by molar-refractivity contribution is 5.90. The lowest BCUT2D eigenvalue weighted by atomic mass is 10.2. The summed E-state index contributed by atoms with van der Waals surface area (Å²) in [6.07, 6.45) is 1.51. The van der Waals surface area contributed by atoms with E-state index in [-0.39, 0.29) is 17.9 Å². The van der Waals surface area contributed by atoms with Gasteiger partial charge in [-0.05, 0) is 45.0 Å². The van der Waals surface area contributed by atoms with Gasteiger partial charge in [-0.15, -0.1) is 0 Å². The van der Waals surface area contributed by atoms with Crippen molar-refractivity contribution in [2.75, 3.05) is 10.6 Å². The van der Waals surface area contributed by atoms with Gasteiger partial charge in [0.05, 0.1) is 0 Å². The van der Waals surface area contributed by atoms with E-state index in [4.69, 9.17) is 0 Å². The molecule has 27 heavy (non-hydrogen) atoms. The highest BCUT2D eigenvalue weighted by Crippen LogP contribution is 2.17. The Morgan fingerprint density at radius 2 is 1.59 bits per heavy atom. The Morgan fingerprint density at radius 1 is 0.963 bits per heavy atom. The van der Waals surface area contributed by atoms with Crippen LogP contribution < -0.4 is 16.1 Å². The van der Waals surface area contributed by atoms with E-state index in [0.717, 1.165) is 22.8 Å². The van der Waals surface area contributed by atoms with Crippen molar-refractivity contribution in [2.45, 2.75) is 27.3 Å². The molecule has 0 aliphatic rings. The third-order valence-corrected chi connectivity index (χ3v) is 4.10. The van der Waals surface area contributed by atoms with Gasteiger partial charge < -0.3 is 15.2 Å². The average Bonchev–Trinajstić information content (AvgIpc) is 2.60. The first-order chi connectivity index (χ1) is 12.9. The molecule has 2 N–H and O–H groups in total. The summed E-state index contributed by atoms with van der Waals surface area (Å²) in [5.41, 5.74) is 3.90. The Morgan fingerprint density at radius 3 is 2.22 bits per heavy atom. The molecule has 0 aliphatic carbocycles. The molecule has 7 heteroatoms. The van der Waals surface area contributed by atoms with Gasteiger partial charge in [0.1, 0.15) is 18.7 Å². The number of rotatable bonds is 5. The molecule has 3 rings (SSSR count). The van der Waals surface area contributed by atoms with Gasteiger partial charge in [-0.25, -0.2) is 9.97 Å². The molecule has 3 aromatic rings. The predicted octanol–water partition coefficient (Wildman–Crippen LogP) is 2.95. The van der Waals surface area contributed by atoms with E-state index >= 15 is 0 Å². The molecule has 0 bridgehead atoms. The number of aryl methyl sites for hydroxylation is 3. The molecule has 2 heterocycles. The number of amides is 1. The molecule has 0 fully saturated rings. The number of hydrogen-bond acceptors (Lipinski definition) is 5. The van der Waals surface area contributed by atoms with Crippen LogP contribution in [0.25, 0.3) is 0 Å². The SMILES string of the molecule is Cc1cc(Nc2ccc(NC(=O)Cn3c(C)cc(=O)cc3C)cc2)ncn1. The average molecular weight is 363 g/mol. The summed E-state index contributed by atoms with van der Waals surface area (Å²) in [7, 11) is 0. The topological polar surface area (TPSA) is 88.9 Å². The van der Waals surface area contributed by atoms with E-state index in [1.807, 2.05) is 55.7 Å². The first-order valence-electron chi connectivity index (χ1n) is 8.54. The summed E-state index contributed by atoms with van der Waals surface area (Å²) < 4.78 is 1.81. The van der Waals surface area contributed by atoms with Crippen molar-refractivity contribution in [3.8, 4) is 0 Å². The molecule has 2 aromatic heterocycles. The number of nitrogens with one attached hydrogen (secondary N) is 2. The lowest BCUT2D eigenvalue weighted by Crippen LogP contribution is -2.23. The molecule has 0 saturated heterocycles. The number of carbonyl (C=O) groups is 1. The first kappa shape index (κ1) is 18.3. The zero-order valence-electron chi connectivity index (χ0n) is 15.5. The Bertz CT molecular complexity index is 999. The fourth-order valence-corrected chi connectivity index (χ4v) is 2.79. The summed E-state index contributed by atoms with van der Waals surface area (Å²) in [4.78, 5) is 32.1. The lowest BCUT2D eigenvalue weighted by Gasteiger charge is -2.14. The van der Waals surface area contributed by atoms with E-state index in [1.165, 1.54) is 18.5 Å². The van der Waals surface area contributed by atoms with Crippen LogP contribution in [0.2, 0.25) is 0 Å². The van der Waals surface area contributed by atoms with Gasteiger partial charge in [-0.3, -0.25) is 9.59 Å². The molecule has 0 atom stereocenters. The van der Waals surface area contributed by atoms with E-state index in [2.05, 4.69) is 20.6 Å². The van der Waals surface area contributed by atoms with Crippen molar-refractivity contribution in [1.82, 2.24) is 14.5 Å². The number of pyridine rings is 1. The summed E-state index contributed by atoms with van der Waals surface area (Å²) in [6, 6.07) is 12.3. The highest BCUT2D eigenvalue weighted by Gasteiger charge is 2.08. The summed E-state index contributed by atoms with van der Waals surface area (Å²) in [5.74, 6) is 0.556. The molecule has 1 aromatic carbocycles. The first-order valence-corrected chi connectivity index (χ1v) is 8.54. The molecule has 0 aliphatic heterocycles. The Balaban J connectivity index is 1.64. The molecule has 0 unspecified atom stereocenters. The van der Waals surface area contributed by atoms with Gasteiger partial charge in [0.2, 0.25) is 5.91 Å². The monoisotopic (exact) mass is 363 g/mol. The largest absolute Gasteiger partial charge is 0.340 e. The summed E-state index contributed by atoms with van der Waals surface area (Å²) in [5, 5.41) is 6.06. The van der Waals surface area contributed by atoms with Crippen LogP contribution in [0, 0.1) is 20.8 Å². The number of anilines is 3. The highest BCUT2D eigenvalue weighted by atomic mass is 16.2. The van der Waals surface area contributed by atoms with Crippen LogP contribution in [-0.4, -0.2) is 20.4 Å². The van der Waals surface area contributed by atoms with Crippen molar-refractivity contribution in [3.05, 3.63) is 76.1 Å². The number of benzene rings is 1. The second kappa shape index (κ2) is 7.82. The fraction of sp³-hybridized carbons (Fsp3) is 0.200. The van der Waals surface area contributed by atoms with Crippen molar-refractivity contribution in [1.29, 1.82) is 0 Å². The van der Waals surface area contributed by atoms with Gasteiger partial charge in [0.25, 0.3) is 0 Å². The number of carbonyl (C=O) groups excluding carboxylic acids is 1. The van der Waals surface area contributed by atoms with Crippen LogP contribution in [-0.2, 0) is 11.3 Å². The van der Waals surface area contributed by atoms with Crippen LogP contribution in [0.4, 0.5) is 17.2 Å². The minimum Gasteiger partial charge on any atom is -0.340 e. The van der Waals surface area contributed by atoms with Gasteiger partial charge in [-0.2, -0.15) is 0 Å². The second-order valence-corrected chi connectivity index (χ2v) is 6.36. The molecule has 1 amide bonds. The normalized spacial score (nSPS) is 10.5. The van der Waals surface area contributed by atoms with Crippen molar-refractivity contribution >= 4 is 23.1 Å². The van der Waals surface area contributed by atoms with E-state index < -0.39 is 0 Å². The third kappa shape index (κ3) is 4.78. The minimum atomic E-state index is -0.156. The van der Waals surface area contributed by atoms with Crippen LogP contribution in [0.5, 0.6) is 0 Å². The number of hydrogen-bond donors (Lipinski definition) is 2. The molecule has 0 radical (unpaired) electrons. The van der Waals surface area contributed by atoms with E-state index in [0.29, 0.717) is 11.5 Å². The van der Waals surface area contributed by atoms with Crippen molar-refractivity contribution < 1.29 is 4.79 Å². The fourth-order valence-electron chi connectivity index (χ4n) is 2.79. The maximum Gasteiger partial charge on any atom is 0.244 e. The third-order valence-electron chi connectivity index (χ3n) is 4.10.